The quantitative estimate of drug-likeness (QED) is 0.619. The summed E-state index contributed by atoms with van der Waals surface area (Å²) in [7, 11) is -3.92. The summed E-state index contributed by atoms with van der Waals surface area (Å²) in [6.07, 6.45) is 1.25. The zero-order valence-electron chi connectivity index (χ0n) is 19.9. The Morgan fingerprint density at radius 3 is 2.39 bits per heavy atom. The van der Waals surface area contributed by atoms with Crippen molar-refractivity contribution in [2.75, 3.05) is 11.4 Å². The molecule has 33 heavy (non-hydrogen) atoms. The molecule has 0 saturated heterocycles. The van der Waals surface area contributed by atoms with Crippen molar-refractivity contribution in [2.24, 2.45) is 5.92 Å². The van der Waals surface area contributed by atoms with Gasteiger partial charge in [-0.2, -0.15) is 4.72 Å². The molecule has 0 aliphatic carbocycles. The monoisotopic (exact) mass is 471 g/mol. The fraction of sp³-hybridized carbons (Fsp3) is 0.440. The van der Waals surface area contributed by atoms with Crippen LogP contribution < -0.4 is 14.9 Å². The third-order valence-corrected chi connectivity index (χ3v) is 7.42. The molecule has 3 rings (SSSR count). The maximum absolute atomic E-state index is 13.1. The molecule has 8 heteroatoms. The molecule has 0 aromatic heterocycles. The van der Waals surface area contributed by atoms with Crippen LogP contribution in [0.3, 0.4) is 0 Å². The predicted octanol–water partition coefficient (Wildman–Crippen LogP) is 2.95. The van der Waals surface area contributed by atoms with Crippen molar-refractivity contribution in [3.8, 4) is 0 Å². The van der Waals surface area contributed by atoms with E-state index < -0.39 is 16.1 Å². The minimum absolute atomic E-state index is 0.0221. The summed E-state index contributed by atoms with van der Waals surface area (Å²) < 4.78 is 28.8. The summed E-state index contributed by atoms with van der Waals surface area (Å²) in [5.74, 6) is -0.655. The van der Waals surface area contributed by atoms with Crippen LogP contribution in [0.4, 0.5) is 5.69 Å². The minimum atomic E-state index is -3.92. The van der Waals surface area contributed by atoms with E-state index in [0.29, 0.717) is 19.4 Å². The van der Waals surface area contributed by atoms with Crippen LogP contribution in [-0.4, -0.2) is 38.9 Å². The van der Waals surface area contributed by atoms with Crippen molar-refractivity contribution in [1.29, 1.82) is 0 Å². The molecule has 1 aliphatic rings. The Hall–Kier alpha value is -2.71. The summed E-state index contributed by atoms with van der Waals surface area (Å²) in [4.78, 5) is 26.5. The molecule has 0 radical (unpaired) electrons. The SMILES string of the molecule is CC(=O)N1c2ccc(S(=O)(=O)N[C@@H](C(=O)NCCc3ccc(C)cc3)C(C)C)cc2C[C@@H]1C. The molecule has 7 nitrogen and oxygen atoms in total. The average molecular weight is 472 g/mol. The van der Waals surface area contributed by atoms with Crippen LogP contribution in [0, 0.1) is 12.8 Å². The molecule has 2 N–H and O–H groups in total. The Morgan fingerprint density at radius 2 is 1.79 bits per heavy atom. The highest BCUT2D eigenvalue weighted by atomic mass is 32.2. The molecule has 2 amide bonds. The number of carbonyl (C=O) groups is 2. The molecule has 0 unspecified atom stereocenters. The highest BCUT2D eigenvalue weighted by molar-refractivity contribution is 7.89. The molecule has 2 atom stereocenters. The largest absolute Gasteiger partial charge is 0.354 e. The maximum atomic E-state index is 13.1. The van der Waals surface area contributed by atoms with Gasteiger partial charge in [0.1, 0.15) is 6.04 Å². The fourth-order valence-electron chi connectivity index (χ4n) is 4.18. The number of amides is 2. The van der Waals surface area contributed by atoms with E-state index in [-0.39, 0.29) is 28.7 Å². The number of aryl methyl sites for hydroxylation is 1. The van der Waals surface area contributed by atoms with Gasteiger partial charge in [-0.1, -0.05) is 43.7 Å². The average Bonchev–Trinajstić information content (AvgIpc) is 3.08. The molecule has 0 spiro atoms. The second-order valence-electron chi connectivity index (χ2n) is 9.10. The van der Waals surface area contributed by atoms with Gasteiger partial charge in [0.05, 0.1) is 4.90 Å². The number of hydrogen-bond donors (Lipinski definition) is 2. The highest BCUT2D eigenvalue weighted by Gasteiger charge is 2.32. The first kappa shape index (κ1) is 24.9. The Labute approximate surface area is 196 Å². The Morgan fingerprint density at radius 1 is 1.12 bits per heavy atom. The summed E-state index contributed by atoms with van der Waals surface area (Å²) in [5.41, 5.74) is 3.83. The van der Waals surface area contributed by atoms with E-state index in [1.54, 1.807) is 17.0 Å². The van der Waals surface area contributed by atoms with Gasteiger partial charge in [0.15, 0.2) is 0 Å². The van der Waals surface area contributed by atoms with Crippen molar-refractivity contribution in [2.45, 2.75) is 64.4 Å². The van der Waals surface area contributed by atoms with Gasteiger partial charge in [-0.05, 0) is 61.9 Å². The second-order valence-corrected chi connectivity index (χ2v) is 10.8. The summed E-state index contributed by atoms with van der Waals surface area (Å²) in [6, 6.07) is 11.9. The van der Waals surface area contributed by atoms with Gasteiger partial charge < -0.3 is 10.2 Å². The molecule has 0 bridgehead atoms. The lowest BCUT2D eigenvalue weighted by Crippen LogP contribution is -2.49. The number of nitrogens with zero attached hydrogens (tertiary/aromatic N) is 1. The van der Waals surface area contributed by atoms with Crippen LogP contribution in [0.2, 0.25) is 0 Å². The number of hydrogen-bond acceptors (Lipinski definition) is 4. The zero-order valence-corrected chi connectivity index (χ0v) is 20.7. The summed E-state index contributed by atoms with van der Waals surface area (Å²) in [6.45, 7) is 9.49. The minimum Gasteiger partial charge on any atom is -0.354 e. The van der Waals surface area contributed by atoms with Gasteiger partial charge in [-0.3, -0.25) is 9.59 Å². The Balaban J connectivity index is 1.69. The second kappa shape index (κ2) is 10.1. The molecule has 178 valence electrons. The van der Waals surface area contributed by atoms with Gasteiger partial charge in [0.2, 0.25) is 21.8 Å². The molecular weight excluding hydrogens is 438 g/mol. The first-order chi connectivity index (χ1) is 15.5. The lowest BCUT2D eigenvalue weighted by atomic mass is 10.0. The number of nitrogens with one attached hydrogen (secondary N) is 2. The highest BCUT2D eigenvalue weighted by Crippen LogP contribution is 2.34. The van der Waals surface area contributed by atoms with Crippen molar-refractivity contribution in [3.63, 3.8) is 0 Å². The van der Waals surface area contributed by atoms with Gasteiger partial charge in [-0.25, -0.2) is 8.42 Å². The van der Waals surface area contributed by atoms with E-state index >= 15 is 0 Å². The summed E-state index contributed by atoms with van der Waals surface area (Å²) in [5, 5.41) is 2.86. The number of anilines is 1. The predicted molar refractivity (Wildman–Crippen MR) is 130 cm³/mol. The van der Waals surface area contributed by atoms with Crippen molar-refractivity contribution in [1.82, 2.24) is 10.0 Å². The number of sulfonamides is 1. The number of carbonyl (C=O) groups excluding carboxylic acids is 2. The van der Waals surface area contributed by atoms with Crippen molar-refractivity contribution < 1.29 is 18.0 Å². The van der Waals surface area contributed by atoms with Gasteiger partial charge in [-0.15, -0.1) is 0 Å². The molecule has 2 aromatic rings. The van der Waals surface area contributed by atoms with E-state index in [9.17, 15) is 18.0 Å². The van der Waals surface area contributed by atoms with E-state index in [1.165, 1.54) is 18.6 Å². The topological polar surface area (TPSA) is 95.6 Å². The fourth-order valence-corrected chi connectivity index (χ4v) is 5.57. The van der Waals surface area contributed by atoms with E-state index in [4.69, 9.17) is 0 Å². The third kappa shape index (κ3) is 5.81. The molecule has 1 heterocycles. The lowest BCUT2D eigenvalue weighted by Gasteiger charge is -2.22. The van der Waals surface area contributed by atoms with Crippen LogP contribution in [0.15, 0.2) is 47.4 Å². The molecule has 2 aromatic carbocycles. The van der Waals surface area contributed by atoms with Gasteiger partial charge >= 0.3 is 0 Å². The Bertz CT molecular complexity index is 1130. The molecular formula is C25H33N3O4S. The van der Waals surface area contributed by atoms with E-state index in [1.807, 2.05) is 52.0 Å². The smallest absolute Gasteiger partial charge is 0.241 e. The van der Waals surface area contributed by atoms with E-state index in [0.717, 1.165) is 16.8 Å². The van der Waals surface area contributed by atoms with Crippen LogP contribution in [-0.2, 0) is 32.5 Å². The zero-order chi connectivity index (χ0) is 24.3. The summed E-state index contributed by atoms with van der Waals surface area (Å²) >= 11 is 0. The van der Waals surface area contributed by atoms with Crippen LogP contribution in [0.5, 0.6) is 0 Å². The normalized spacial score (nSPS) is 16.5. The van der Waals surface area contributed by atoms with Crippen LogP contribution >= 0.6 is 0 Å². The molecule has 0 fully saturated rings. The maximum Gasteiger partial charge on any atom is 0.241 e. The van der Waals surface area contributed by atoms with E-state index in [2.05, 4.69) is 10.0 Å². The number of fused-ring (bicyclic) bond motifs is 1. The molecule has 0 saturated carbocycles. The van der Waals surface area contributed by atoms with Gasteiger partial charge in [0.25, 0.3) is 0 Å². The first-order valence-corrected chi connectivity index (χ1v) is 12.8. The van der Waals surface area contributed by atoms with Crippen LogP contribution in [0.1, 0.15) is 44.4 Å². The van der Waals surface area contributed by atoms with Crippen molar-refractivity contribution >= 4 is 27.5 Å². The standard InChI is InChI=1S/C25H33N3O4S/c1-16(2)24(25(30)26-13-12-20-8-6-17(3)7-9-20)27-33(31,32)22-10-11-23-21(15-22)14-18(4)28(23)19(5)29/h6-11,15-16,18,24,27H,12-14H2,1-5H3,(H,26,30)/t18-,24+/m0/s1. The third-order valence-electron chi connectivity index (χ3n) is 5.98. The lowest BCUT2D eigenvalue weighted by molar-refractivity contribution is -0.123. The number of rotatable bonds is 8. The Kier molecular flexibility index (Phi) is 7.59. The first-order valence-electron chi connectivity index (χ1n) is 11.3. The van der Waals surface area contributed by atoms with Crippen LogP contribution in [0.25, 0.3) is 0 Å². The molecule has 1 aliphatic heterocycles. The van der Waals surface area contributed by atoms with Crippen molar-refractivity contribution in [3.05, 3.63) is 59.2 Å². The van der Waals surface area contributed by atoms with Gasteiger partial charge in [0, 0.05) is 25.2 Å². The number of benzene rings is 2.